The lowest BCUT2D eigenvalue weighted by Crippen LogP contribution is -2.43. The fraction of sp³-hybridized carbons (Fsp3) is 0.533. The van der Waals surface area contributed by atoms with E-state index in [2.05, 4.69) is 19.2 Å². The number of benzene rings is 1. The van der Waals surface area contributed by atoms with Gasteiger partial charge in [0.25, 0.3) is 5.91 Å². The fourth-order valence-electron chi connectivity index (χ4n) is 2.10. The topological polar surface area (TPSA) is 117 Å². The molecule has 0 fully saturated rings. The minimum absolute atomic E-state index is 0. The molecule has 0 saturated heterocycles. The van der Waals surface area contributed by atoms with Crippen LogP contribution in [0.1, 0.15) is 20.3 Å². The Morgan fingerprint density at radius 2 is 2.08 bits per heavy atom. The van der Waals surface area contributed by atoms with Crippen molar-refractivity contribution in [1.29, 1.82) is 0 Å². The number of nitro groups is 1. The van der Waals surface area contributed by atoms with Gasteiger partial charge in [-0.2, -0.15) is 0 Å². The summed E-state index contributed by atoms with van der Waals surface area (Å²) < 4.78 is 10.3. The van der Waals surface area contributed by atoms with Crippen molar-refractivity contribution in [3.63, 3.8) is 0 Å². The van der Waals surface area contributed by atoms with Crippen LogP contribution >= 0.6 is 12.4 Å². The smallest absolute Gasteiger partial charge is 0.311 e. The Labute approximate surface area is 147 Å². The standard InChI is InChI=1S/C15H23N3O5.ClH/c1-10(2)6-11(8-16)17-15(19)9-23-12-4-5-13(18(20)21)14(7-12)22-3;/h4-5,7,10-11H,6,8-9,16H2,1-3H3,(H,17,19);1H. The van der Waals surface area contributed by atoms with Gasteiger partial charge < -0.3 is 20.5 Å². The molecule has 1 aromatic carbocycles. The number of halogens is 1. The minimum Gasteiger partial charge on any atom is -0.490 e. The number of hydrogen-bond acceptors (Lipinski definition) is 6. The van der Waals surface area contributed by atoms with Crippen LogP contribution in [-0.2, 0) is 4.79 Å². The molecule has 1 atom stereocenters. The monoisotopic (exact) mass is 361 g/mol. The Hall–Kier alpha value is -2.06. The first-order valence-electron chi connectivity index (χ1n) is 7.32. The summed E-state index contributed by atoms with van der Waals surface area (Å²) in [4.78, 5) is 22.1. The third-order valence-corrected chi connectivity index (χ3v) is 3.12. The Bertz CT molecular complexity index is 554. The van der Waals surface area contributed by atoms with Crippen LogP contribution in [0.25, 0.3) is 0 Å². The van der Waals surface area contributed by atoms with Crippen LogP contribution in [0, 0.1) is 16.0 Å². The van der Waals surface area contributed by atoms with E-state index in [9.17, 15) is 14.9 Å². The molecule has 0 heterocycles. The second kappa shape index (κ2) is 10.7. The van der Waals surface area contributed by atoms with Crippen molar-refractivity contribution in [1.82, 2.24) is 5.32 Å². The summed E-state index contributed by atoms with van der Waals surface area (Å²) in [6.45, 7) is 4.26. The van der Waals surface area contributed by atoms with Gasteiger partial charge >= 0.3 is 5.69 Å². The van der Waals surface area contributed by atoms with E-state index in [1.807, 2.05) is 0 Å². The molecule has 1 rings (SSSR count). The van der Waals surface area contributed by atoms with Gasteiger partial charge in [0, 0.05) is 24.7 Å². The molecule has 9 heteroatoms. The molecule has 0 aliphatic heterocycles. The third kappa shape index (κ3) is 7.01. The van der Waals surface area contributed by atoms with Crippen molar-refractivity contribution >= 4 is 24.0 Å². The summed E-state index contributed by atoms with van der Waals surface area (Å²) in [5, 5.41) is 13.6. The van der Waals surface area contributed by atoms with Gasteiger partial charge in [-0.25, -0.2) is 0 Å². The van der Waals surface area contributed by atoms with E-state index in [0.717, 1.165) is 6.42 Å². The molecular formula is C15H24ClN3O5. The molecule has 0 aromatic heterocycles. The van der Waals surface area contributed by atoms with E-state index < -0.39 is 4.92 Å². The van der Waals surface area contributed by atoms with Gasteiger partial charge in [-0.1, -0.05) is 13.8 Å². The SMILES string of the molecule is COc1cc(OCC(=O)NC(CN)CC(C)C)ccc1[N+](=O)[O-].Cl. The molecule has 0 bridgehead atoms. The lowest BCUT2D eigenvalue weighted by Gasteiger charge is -2.18. The van der Waals surface area contributed by atoms with Crippen molar-refractivity contribution in [2.45, 2.75) is 26.3 Å². The van der Waals surface area contributed by atoms with E-state index in [0.29, 0.717) is 18.2 Å². The highest BCUT2D eigenvalue weighted by atomic mass is 35.5. The second-order valence-electron chi connectivity index (χ2n) is 5.51. The van der Waals surface area contributed by atoms with E-state index in [-0.39, 0.29) is 42.4 Å². The Morgan fingerprint density at radius 1 is 1.42 bits per heavy atom. The maximum absolute atomic E-state index is 11.9. The number of amides is 1. The second-order valence-corrected chi connectivity index (χ2v) is 5.51. The summed E-state index contributed by atoms with van der Waals surface area (Å²) in [5.74, 6) is 0.519. The van der Waals surface area contributed by atoms with Gasteiger partial charge in [0.2, 0.25) is 5.75 Å². The third-order valence-electron chi connectivity index (χ3n) is 3.12. The average molecular weight is 362 g/mol. The number of carbonyl (C=O) groups is 1. The first-order valence-corrected chi connectivity index (χ1v) is 7.32. The summed E-state index contributed by atoms with van der Waals surface area (Å²) >= 11 is 0. The number of hydrogen-bond donors (Lipinski definition) is 2. The maximum Gasteiger partial charge on any atom is 0.311 e. The minimum atomic E-state index is -0.549. The molecule has 0 aliphatic carbocycles. The molecule has 0 saturated carbocycles. The number of rotatable bonds is 9. The maximum atomic E-state index is 11.9. The van der Waals surface area contributed by atoms with E-state index in [1.54, 1.807) is 0 Å². The molecular weight excluding hydrogens is 338 g/mol. The highest BCUT2D eigenvalue weighted by Gasteiger charge is 2.16. The van der Waals surface area contributed by atoms with Crippen LogP contribution in [0.2, 0.25) is 0 Å². The number of methoxy groups -OCH3 is 1. The first-order chi connectivity index (χ1) is 10.9. The number of carbonyl (C=O) groups excluding carboxylic acids is 1. The van der Waals surface area contributed by atoms with Crippen molar-refractivity contribution < 1.29 is 19.2 Å². The first kappa shape index (κ1) is 21.9. The summed E-state index contributed by atoms with van der Waals surface area (Å²) in [5.41, 5.74) is 5.46. The van der Waals surface area contributed by atoms with Gasteiger partial charge in [0.15, 0.2) is 6.61 Å². The number of nitrogens with zero attached hydrogens (tertiary/aromatic N) is 1. The van der Waals surface area contributed by atoms with E-state index >= 15 is 0 Å². The predicted octanol–water partition coefficient (Wildman–Crippen LogP) is 1.89. The Morgan fingerprint density at radius 3 is 2.58 bits per heavy atom. The van der Waals surface area contributed by atoms with Gasteiger partial charge in [-0.15, -0.1) is 12.4 Å². The molecule has 1 amide bonds. The zero-order chi connectivity index (χ0) is 17.4. The highest BCUT2D eigenvalue weighted by Crippen LogP contribution is 2.30. The highest BCUT2D eigenvalue weighted by molar-refractivity contribution is 5.85. The lowest BCUT2D eigenvalue weighted by atomic mass is 10.0. The molecule has 8 nitrogen and oxygen atoms in total. The predicted molar refractivity (Wildman–Crippen MR) is 92.8 cm³/mol. The van der Waals surface area contributed by atoms with Crippen LogP contribution < -0.4 is 20.5 Å². The summed E-state index contributed by atoms with van der Waals surface area (Å²) in [6.07, 6.45) is 0.785. The Balaban J connectivity index is 0.00000529. The zero-order valence-electron chi connectivity index (χ0n) is 14.0. The largest absolute Gasteiger partial charge is 0.490 e. The normalized spacial score (nSPS) is 11.4. The van der Waals surface area contributed by atoms with Crippen LogP contribution in [0.15, 0.2) is 18.2 Å². The summed E-state index contributed by atoms with van der Waals surface area (Å²) in [6, 6.07) is 3.97. The van der Waals surface area contributed by atoms with Crippen LogP contribution in [0.4, 0.5) is 5.69 Å². The van der Waals surface area contributed by atoms with Crippen LogP contribution in [-0.4, -0.2) is 37.1 Å². The van der Waals surface area contributed by atoms with Crippen molar-refractivity contribution in [3.05, 3.63) is 28.3 Å². The van der Waals surface area contributed by atoms with Crippen molar-refractivity contribution in [3.8, 4) is 11.5 Å². The van der Waals surface area contributed by atoms with E-state index in [1.165, 1.54) is 25.3 Å². The number of nitrogens with one attached hydrogen (secondary N) is 1. The lowest BCUT2D eigenvalue weighted by molar-refractivity contribution is -0.385. The van der Waals surface area contributed by atoms with E-state index in [4.69, 9.17) is 15.2 Å². The quantitative estimate of drug-likeness (QED) is 0.512. The molecule has 0 radical (unpaired) electrons. The molecule has 3 N–H and O–H groups in total. The molecule has 0 aliphatic rings. The fourth-order valence-corrected chi connectivity index (χ4v) is 2.10. The molecule has 1 aromatic rings. The van der Waals surface area contributed by atoms with Gasteiger partial charge in [-0.05, 0) is 18.4 Å². The van der Waals surface area contributed by atoms with Gasteiger partial charge in [0.05, 0.1) is 12.0 Å². The summed E-state index contributed by atoms with van der Waals surface area (Å²) in [7, 11) is 1.33. The Kier molecular flexibility index (Phi) is 9.75. The molecule has 0 spiro atoms. The van der Waals surface area contributed by atoms with Gasteiger partial charge in [-0.3, -0.25) is 14.9 Å². The molecule has 1 unspecified atom stereocenters. The molecule has 136 valence electrons. The van der Waals surface area contributed by atoms with Crippen LogP contribution in [0.5, 0.6) is 11.5 Å². The van der Waals surface area contributed by atoms with Gasteiger partial charge in [0.1, 0.15) is 5.75 Å². The molecule has 24 heavy (non-hydrogen) atoms. The number of nitrogens with two attached hydrogens (primary N) is 1. The number of nitro benzene ring substituents is 1. The van der Waals surface area contributed by atoms with Crippen molar-refractivity contribution in [2.24, 2.45) is 11.7 Å². The van der Waals surface area contributed by atoms with Crippen molar-refractivity contribution in [2.75, 3.05) is 20.3 Å². The number of ether oxygens (including phenoxy) is 2. The zero-order valence-corrected chi connectivity index (χ0v) is 14.8. The average Bonchev–Trinajstić information content (AvgIpc) is 2.51. The van der Waals surface area contributed by atoms with Crippen LogP contribution in [0.3, 0.4) is 0 Å².